The first-order chi connectivity index (χ1) is 17.4. The van der Waals surface area contributed by atoms with Gasteiger partial charge in [-0.15, -0.1) is 0 Å². The Hall–Kier alpha value is -2.34. The maximum Gasteiger partial charge on any atom is 0.416 e. The number of halogens is 4. The minimum absolute atomic E-state index is 0.00753. The Morgan fingerprint density at radius 1 is 1.00 bits per heavy atom. The molecule has 0 saturated carbocycles. The van der Waals surface area contributed by atoms with Crippen molar-refractivity contribution in [2.45, 2.75) is 25.2 Å². The van der Waals surface area contributed by atoms with Gasteiger partial charge in [0, 0.05) is 56.9 Å². The van der Waals surface area contributed by atoms with Crippen molar-refractivity contribution in [3.8, 4) is 0 Å². The zero-order valence-corrected chi connectivity index (χ0v) is 22.4. The van der Waals surface area contributed by atoms with Crippen LogP contribution in [-0.2, 0) is 22.7 Å². The third-order valence-corrected chi connectivity index (χ3v) is 8.17. The molecule has 2 amide bonds. The van der Waals surface area contributed by atoms with Gasteiger partial charge in [-0.3, -0.25) is 4.90 Å². The third kappa shape index (κ3) is 8.33. The van der Waals surface area contributed by atoms with E-state index in [-0.39, 0.29) is 36.7 Å². The normalized spacial score (nSPS) is 19.1. The number of hydrogen-bond donors (Lipinski definition) is 0. The first-order valence-corrected chi connectivity index (χ1v) is 14.1. The van der Waals surface area contributed by atoms with Crippen molar-refractivity contribution in [2.75, 3.05) is 52.6 Å². The van der Waals surface area contributed by atoms with E-state index in [9.17, 15) is 26.4 Å². The van der Waals surface area contributed by atoms with Crippen LogP contribution in [0.25, 0.3) is 0 Å². The van der Waals surface area contributed by atoms with Crippen molar-refractivity contribution in [1.82, 2.24) is 19.0 Å². The highest BCUT2D eigenvalue weighted by Gasteiger charge is 2.34. The molecule has 204 valence electrons. The maximum absolute atomic E-state index is 13.0. The molecule has 0 radical (unpaired) electrons. The molecule has 37 heavy (non-hydrogen) atoms. The molecule has 2 saturated heterocycles. The van der Waals surface area contributed by atoms with E-state index in [0.29, 0.717) is 38.2 Å². The lowest BCUT2D eigenvalue weighted by Gasteiger charge is -2.35. The molecule has 7 nitrogen and oxygen atoms in total. The number of piperazine rings is 1. The predicted octanol–water partition coefficient (Wildman–Crippen LogP) is 4.25. The molecule has 1 unspecified atom stereocenters. The van der Waals surface area contributed by atoms with Gasteiger partial charge in [0.05, 0.1) is 11.8 Å². The lowest BCUT2D eigenvalue weighted by molar-refractivity contribution is -0.137. The summed E-state index contributed by atoms with van der Waals surface area (Å²) in [6, 6.07) is 15.1. The molecule has 0 N–H and O–H groups in total. The molecule has 2 heterocycles. The molecular weight excluding hydrogens is 529 g/mol. The largest absolute Gasteiger partial charge is 0.416 e. The number of carbonyl (C=O) groups excluding carboxylic acids is 1. The van der Waals surface area contributed by atoms with Crippen molar-refractivity contribution >= 4 is 27.7 Å². The number of likely N-dealkylation sites (tertiary alicyclic amines) is 1. The molecule has 12 heteroatoms. The van der Waals surface area contributed by atoms with Crippen molar-refractivity contribution in [3.05, 3.63) is 70.7 Å². The summed E-state index contributed by atoms with van der Waals surface area (Å²) in [5.41, 5.74) is -0.350. The van der Waals surface area contributed by atoms with Gasteiger partial charge in [-0.1, -0.05) is 48.0 Å². The predicted molar refractivity (Wildman–Crippen MR) is 138 cm³/mol. The lowest BCUT2D eigenvalue weighted by Crippen LogP contribution is -2.53. The first kappa shape index (κ1) is 29.2. The van der Waals surface area contributed by atoms with Crippen LogP contribution in [0.1, 0.15) is 17.5 Å². The number of hydrogen-bond acceptors (Lipinski definition) is 4. The average molecular weight is 561 g/mol. The average Bonchev–Trinajstić information content (AvgIpc) is 3.36. The van der Waals surface area contributed by atoms with Crippen molar-refractivity contribution in [3.63, 3.8) is 0 Å². The summed E-state index contributed by atoms with van der Waals surface area (Å²) in [4.78, 5) is 18.1. The van der Waals surface area contributed by atoms with Crippen molar-refractivity contribution < 1.29 is 26.4 Å². The second-order valence-electron chi connectivity index (χ2n) is 9.19. The Morgan fingerprint density at radius 3 is 2.08 bits per heavy atom. The summed E-state index contributed by atoms with van der Waals surface area (Å²) in [5, 5.41) is 0.273. The van der Waals surface area contributed by atoms with Gasteiger partial charge >= 0.3 is 12.2 Å². The van der Waals surface area contributed by atoms with E-state index in [4.69, 9.17) is 11.6 Å². The molecule has 1 atom stereocenters. The van der Waals surface area contributed by atoms with Crippen molar-refractivity contribution in [2.24, 2.45) is 0 Å². The standard InChI is InChI=1S/C19H26ClF3N4O3S.C6H6/c1-24(12-14-11-15(19(21,22)23)3-4-17(14)20)16-5-6-26(13-16)18(28)25-7-9-27(10-8-25)31(2,29)30;1-2-4-6-5-3-1/h3-4,11,16H,5-10,12-13H2,1-2H3;1-6H. The van der Waals surface area contributed by atoms with Crippen molar-refractivity contribution in [1.29, 1.82) is 0 Å². The van der Waals surface area contributed by atoms with E-state index in [1.165, 1.54) is 10.4 Å². The maximum atomic E-state index is 13.0. The summed E-state index contributed by atoms with van der Waals surface area (Å²) < 4.78 is 63.6. The van der Waals surface area contributed by atoms with Crippen LogP contribution in [-0.4, -0.2) is 92.1 Å². The Bertz CT molecular complexity index is 1120. The van der Waals surface area contributed by atoms with Gasteiger partial charge in [-0.05, 0) is 37.2 Å². The Balaban J connectivity index is 0.000000555. The number of rotatable bonds is 4. The Labute approximate surface area is 221 Å². The smallest absolute Gasteiger partial charge is 0.323 e. The van der Waals surface area contributed by atoms with Gasteiger partial charge < -0.3 is 9.80 Å². The topological polar surface area (TPSA) is 64.2 Å². The highest BCUT2D eigenvalue weighted by atomic mass is 35.5. The number of benzene rings is 2. The number of nitrogens with zero attached hydrogens (tertiary/aromatic N) is 4. The van der Waals surface area contributed by atoms with Gasteiger partial charge in [-0.25, -0.2) is 13.2 Å². The Kier molecular flexibility index (Phi) is 9.85. The fraction of sp³-hybridized carbons (Fsp3) is 0.480. The SMILES string of the molecule is CN(Cc1cc(C(F)(F)F)ccc1Cl)C1CCN(C(=O)N2CCN(S(C)(=O)=O)CC2)C1.c1ccccc1. The van der Waals surface area contributed by atoms with Gasteiger partial charge in [0.25, 0.3) is 0 Å². The van der Waals surface area contributed by atoms with Crippen LogP contribution in [0.4, 0.5) is 18.0 Å². The second kappa shape index (κ2) is 12.5. The molecule has 0 aliphatic carbocycles. The number of amides is 2. The molecule has 0 bridgehead atoms. The minimum Gasteiger partial charge on any atom is -0.323 e. The van der Waals surface area contributed by atoms with E-state index in [2.05, 4.69) is 0 Å². The number of likely N-dealkylation sites (N-methyl/N-ethyl adjacent to an activating group) is 1. The molecule has 2 aliphatic heterocycles. The third-order valence-electron chi connectivity index (χ3n) is 6.49. The van der Waals surface area contributed by atoms with Crippen LogP contribution in [0.5, 0.6) is 0 Å². The zero-order valence-electron chi connectivity index (χ0n) is 20.9. The molecule has 2 aromatic rings. The fourth-order valence-corrected chi connectivity index (χ4v) is 5.35. The zero-order chi connectivity index (χ0) is 27.2. The summed E-state index contributed by atoms with van der Waals surface area (Å²) in [6.07, 6.45) is -2.58. The number of sulfonamides is 1. The minimum atomic E-state index is -4.43. The molecule has 4 rings (SSSR count). The lowest BCUT2D eigenvalue weighted by atomic mass is 10.1. The molecule has 2 fully saturated rings. The van der Waals surface area contributed by atoms with Gasteiger partial charge in [-0.2, -0.15) is 17.5 Å². The van der Waals surface area contributed by atoms with E-state index in [0.717, 1.165) is 18.4 Å². The van der Waals surface area contributed by atoms with Gasteiger partial charge in [0.15, 0.2) is 0 Å². The molecule has 0 spiro atoms. The van der Waals surface area contributed by atoms with Gasteiger partial charge in [0.1, 0.15) is 0 Å². The number of alkyl halides is 3. The van der Waals surface area contributed by atoms with Crippen LogP contribution >= 0.6 is 11.6 Å². The Morgan fingerprint density at radius 2 is 1.57 bits per heavy atom. The van der Waals surface area contributed by atoms with Crippen LogP contribution in [0, 0.1) is 0 Å². The monoisotopic (exact) mass is 560 g/mol. The van der Waals surface area contributed by atoms with E-state index in [1.54, 1.807) is 16.8 Å². The quantitative estimate of drug-likeness (QED) is 0.561. The summed E-state index contributed by atoms with van der Waals surface area (Å²) in [6.45, 7) is 2.45. The number of urea groups is 1. The fourth-order valence-electron chi connectivity index (χ4n) is 4.34. The first-order valence-electron chi connectivity index (χ1n) is 11.9. The van der Waals surface area contributed by atoms with Crippen LogP contribution < -0.4 is 0 Å². The van der Waals surface area contributed by atoms with Crippen LogP contribution in [0.2, 0.25) is 5.02 Å². The molecular formula is C25H32ClF3N4O3S. The van der Waals surface area contributed by atoms with E-state index >= 15 is 0 Å². The highest BCUT2D eigenvalue weighted by molar-refractivity contribution is 7.88. The van der Waals surface area contributed by atoms with Crippen LogP contribution in [0.15, 0.2) is 54.6 Å². The highest BCUT2D eigenvalue weighted by Crippen LogP contribution is 2.32. The number of carbonyl (C=O) groups is 1. The summed E-state index contributed by atoms with van der Waals surface area (Å²) >= 11 is 6.11. The van der Waals surface area contributed by atoms with E-state index in [1.807, 2.05) is 41.3 Å². The molecule has 2 aromatic carbocycles. The second-order valence-corrected chi connectivity index (χ2v) is 11.6. The van der Waals surface area contributed by atoms with Crippen LogP contribution in [0.3, 0.4) is 0 Å². The molecule has 2 aliphatic rings. The van der Waals surface area contributed by atoms with E-state index < -0.39 is 21.8 Å². The molecule has 0 aromatic heterocycles. The summed E-state index contributed by atoms with van der Waals surface area (Å²) in [7, 11) is -1.46. The van der Waals surface area contributed by atoms with Gasteiger partial charge in [0.2, 0.25) is 10.0 Å². The summed E-state index contributed by atoms with van der Waals surface area (Å²) in [5.74, 6) is 0.